The van der Waals surface area contributed by atoms with Gasteiger partial charge in [-0.1, -0.05) is 12.1 Å². The second-order valence-corrected chi connectivity index (χ2v) is 5.31. The number of thiophene rings is 1. The van der Waals surface area contributed by atoms with Crippen LogP contribution in [0.25, 0.3) is 10.2 Å². The van der Waals surface area contributed by atoms with Crippen molar-refractivity contribution in [3.63, 3.8) is 0 Å². The second kappa shape index (κ2) is 5.55. The first kappa shape index (κ1) is 13.6. The van der Waals surface area contributed by atoms with E-state index in [1.807, 2.05) is 11.4 Å². The SMILES string of the molecule is O=C(O)Nc1ccccc1Nc1nc(Cl)nc2sccc12. The van der Waals surface area contributed by atoms with E-state index in [9.17, 15) is 4.79 Å². The molecule has 0 unspecified atom stereocenters. The molecule has 0 bridgehead atoms. The van der Waals surface area contributed by atoms with Crippen LogP contribution in [0.15, 0.2) is 35.7 Å². The molecule has 3 rings (SSSR count). The van der Waals surface area contributed by atoms with Crippen LogP contribution >= 0.6 is 22.9 Å². The standard InChI is InChI=1S/C13H9ClN4O2S/c14-12-17-10(7-5-6-21-11(7)18-12)15-8-3-1-2-4-9(8)16-13(19)20/h1-6,16H,(H,19,20)(H,15,17,18). The van der Waals surface area contributed by atoms with E-state index in [1.54, 1.807) is 24.3 Å². The molecule has 0 aliphatic carbocycles. The summed E-state index contributed by atoms with van der Waals surface area (Å²) >= 11 is 7.36. The molecule has 2 aromatic heterocycles. The van der Waals surface area contributed by atoms with E-state index in [2.05, 4.69) is 20.6 Å². The van der Waals surface area contributed by atoms with Crippen molar-refractivity contribution in [2.75, 3.05) is 10.6 Å². The summed E-state index contributed by atoms with van der Waals surface area (Å²) in [6.45, 7) is 0. The van der Waals surface area contributed by atoms with Gasteiger partial charge in [0.05, 0.1) is 16.8 Å². The van der Waals surface area contributed by atoms with Gasteiger partial charge < -0.3 is 10.4 Å². The molecule has 0 fully saturated rings. The van der Waals surface area contributed by atoms with E-state index in [1.165, 1.54) is 11.3 Å². The number of fused-ring (bicyclic) bond motifs is 1. The number of rotatable bonds is 3. The predicted molar refractivity (Wildman–Crippen MR) is 83.8 cm³/mol. The van der Waals surface area contributed by atoms with Crippen molar-refractivity contribution in [1.82, 2.24) is 9.97 Å². The Kier molecular flexibility index (Phi) is 3.59. The minimum atomic E-state index is -1.13. The van der Waals surface area contributed by atoms with E-state index in [0.717, 1.165) is 10.2 Å². The molecule has 0 radical (unpaired) electrons. The van der Waals surface area contributed by atoms with E-state index in [4.69, 9.17) is 16.7 Å². The number of nitrogens with one attached hydrogen (secondary N) is 2. The molecule has 21 heavy (non-hydrogen) atoms. The van der Waals surface area contributed by atoms with Gasteiger partial charge in [-0.3, -0.25) is 5.32 Å². The monoisotopic (exact) mass is 320 g/mol. The summed E-state index contributed by atoms with van der Waals surface area (Å²) in [6.07, 6.45) is -1.13. The van der Waals surface area contributed by atoms with Gasteiger partial charge in [-0.2, -0.15) is 4.98 Å². The van der Waals surface area contributed by atoms with Gasteiger partial charge in [-0.05, 0) is 35.2 Å². The Morgan fingerprint density at radius 3 is 2.71 bits per heavy atom. The molecule has 0 saturated carbocycles. The van der Waals surface area contributed by atoms with Crippen LogP contribution in [0.5, 0.6) is 0 Å². The molecule has 8 heteroatoms. The molecule has 0 aliphatic rings. The van der Waals surface area contributed by atoms with Gasteiger partial charge in [-0.15, -0.1) is 11.3 Å². The quantitative estimate of drug-likeness (QED) is 0.630. The number of hydrogen-bond acceptors (Lipinski definition) is 5. The van der Waals surface area contributed by atoms with Crippen molar-refractivity contribution in [2.24, 2.45) is 0 Å². The zero-order chi connectivity index (χ0) is 14.8. The van der Waals surface area contributed by atoms with Crippen LogP contribution in [-0.2, 0) is 0 Å². The number of aromatic nitrogens is 2. The Hall–Kier alpha value is -2.38. The number of carbonyl (C=O) groups is 1. The first-order valence-electron chi connectivity index (χ1n) is 5.90. The van der Waals surface area contributed by atoms with E-state index in [0.29, 0.717) is 17.2 Å². The Balaban J connectivity index is 2.02. The molecular formula is C13H9ClN4O2S. The third-order valence-corrected chi connectivity index (χ3v) is 3.70. The van der Waals surface area contributed by atoms with Gasteiger partial charge in [0.15, 0.2) is 0 Å². The lowest BCUT2D eigenvalue weighted by Gasteiger charge is -2.11. The van der Waals surface area contributed by atoms with Crippen LogP contribution in [0.3, 0.4) is 0 Å². The number of halogens is 1. The Labute approximate surface area is 128 Å². The fourth-order valence-corrected chi connectivity index (χ4v) is 2.85. The van der Waals surface area contributed by atoms with E-state index < -0.39 is 6.09 Å². The fourth-order valence-electron chi connectivity index (χ4n) is 1.87. The molecule has 0 atom stereocenters. The second-order valence-electron chi connectivity index (χ2n) is 4.08. The summed E-state index contributed by atoms with van der Waals surface area (Å²) in [4.78, 5) is 19.9. The van der Waals surface area contributed by atoms with Crippen molar-refractivity contribution in [3.05, 3.63) is 41.0 Å². The van der Waals surface area contributed by atoms with Crippen molar-refractivity contribution >= 4 is 56.4 Å². The van der Waals surface area contributed by atoms with Gasteiger partial charge in [0.1, 0.15) is 10.6 Å². The van der Waals surface area contributed by atoms with Crippen LogP contribution in [-0.4, -0.2) is 21.2 Å². The van der Waals surface area contributed by atoms with Crippen molar-refractivity contribution in [1.29, 1.82) is 0 Å². The summed E-state index contributed by atoms with van der Waals surface area (Å²) in [5.74, 6) is 0.533. The number of benzene rings is 1. The lowest BCUT2D eigenvalue weighted by atomic mass is 10.2. The number of nitrogens with zero attached hydrogens (tertiary/aromatic N) is 2. The van der Waals surface area contributed by atoms with Crippen molar-refractivity contribution in [2.45, 2.75) is 0 Å². The molecule has 0 spiro atoms. The molecule has 1 amide bonds. The molecule has 2 heterocycles. The number of carboxylic acid groups (broad SMARTS) is 1. The molecule has 6 nitrogen and oxygen atoms in total. The number of anilines is 3. The third kappa shape index (κ3) is 2.88. The van der Waals surface area contributed by atoms with Gasteiger partial charge >= 0.3 is 6.09 Å². The molecule has 1 aromatic carbocycles. The summed E-state index contributed by atoms with van der Waals surface area (Å²) < 4.78 is 0. The minimum absolute atomic E-state index is 0.135. The van der Waals surface area contributed by atoms with Gasteiger partial charge in [0.25, 0.3) is 0 Å². The molecule has 106 valence electrons. The fraction of sp³-hybridized carbons (Fsp3) is 0. The summed E-state index contributed by atoms with van der Waals surface area (Å²) in [5.41, 5.74) is 1.02. The predicted octanol–water partition coefficient (Wildman–Crippen LogP) is 4.18. The molecule has 3 aromatic rings. The first-order valence-corrected chi connectivity index (χ1v) is 7.16. The van der Waals surface area contributed by atoms with Gasteiger partial charge in [0, 0.05) is 0 Å². The van der Waals surface area contributed by atoms with Crippen molar-refractivity contribution < 1.29 is 9.90 Å². The molecule has 0 aliphatic heterocycles. The largest absolute Gasteiger partial charge is 0.465 e. The number of amides is 1. The van der Waals surface area contributed by atoms with Crippen LogP contribution < -0.4 is 10.6 Å². The van der Waals surface area contributed by atoms with Crippen LogP contribution in [0, 0.1) is 0 Å². The topological polar surface area (TPSA) is 87.1 Å². The summed E-state index contributed by atoms with van der Waals surface area (Å²) in [5, 5.41) is 17.1. The molecule has 3 N–H and O–H groups in total. The third-order valence-electron chi connectivity index (χ3n) is 2.72. The molecule has 0 saturated heterocycles. The minimum Gasteiger partial charge on any atom is -0.465 e. The highest BCUT2D eigenvalue weighted by Gasteiger charge is 2.11. The summed E-state index contributed by atoms with van der Waals surface area (Å²) in [6, 6.07) is 8.82. The van der Waals surface area contributed by atoms with Crippen LogP contribution in [0.1, 0.15) is 0 Å². The highest BCUT2D eigenvalue weighted by atomic mass is 35.5. The normalized spacial score (nSPS) is 10.5. The van der Waals surface area contributed by atoms with Gasteiger partial charge in [-0.25, -0.2) is 9.78 Å². The summed E-state index contributed by atoms with van der Waals surface area (Å²) in [7, 11) is 0. The maximum atomic E-state index is 10.8. The Bertz CT molecular complexity index is 821. The Morgan fingerprint density at radius 1 is 1.19 bits per heavy atom. The van der Waals surface area contributed by atoms with Crippen LogP contribution in [0.2, 0.25) is 5.28 Å². The number of hydrogen-bond donors (Lipinski definition) is 3. The van der Waals surface area contributed by atoms with E-state index >= 15 is 0 Å². The lowest BCUT2D eigenvalue weighted by Crippen LogP contribution is -2.09. The van der Waals surface area contributed by atoms with E-state index in [-0.39, 0.29) is 5.28 Å². The average Bonchev–Trinajstić information content (AvgIpc) is 2.88. The zero-order valence-corrected chi connectivity index (χ0v) is 12.1. The molecular weight excluding hydrogens is 312 g/mol. The highest BCUT2D eigenvalue weighted by molar-refractivity contribution is 7.16. The Morgan fingerprint density at radius 2 is 1.95 bits per heavy atom. The zero-order valence-electron chi connectivity index (χ0n) is 10.5. The average molecular weight is 321 g/mol. The van der Waals surface area contributed by atoms with Crippen molar-refractivity contribution in [3.8, 4) is 0 Å². The maximum Gasteiger partial charge on any atom is 0.409 e. The smallest absolute Gasteiger partial charge is 0.409 e. The lowest BCUT2D eigenvalue weighted by molar-refractivity contribution is 0.210. The van der Waals surface area contributed by atoms with Gasteiger partial charge in [0.2, 0.25) is 5.28 Å². The maximum absolute atomic E-state index is 10.8. The van der Waals surface area contributed by atoms with Crippen LogP contribution in [0.4, 0.5) is 22.0 Å². The number of para-hydroxylation sites is 2. The first-order chi connectivity index (χ1) is 10.1. The highest BCUT2D eigenvalue weighted by Crippen LogP contribution is 2.31.